The topological polar surface area (TPSA) is 208 Å². The molecule has 0 unspecified atom stereocenters. The van der Waals surface area contributed by atoms with Gasteiger partial charge in [0.1, 0.15) is 18.4 Å². The van der Waals surface area contributed by atoms with Crippen LogP contribution < -0.4 is 10.1 Å². The van der Waals surface area contributed by atoms with Gasteiger partial charge in [-0.1, -0.05) is 0 Å². The number of rotatable bonds is 8. The van der Waals surface area contributed by atoms with Crippen LogP contribution in [0.4, 0.5) is 10.5 Å². The number of hydrogen-bond donors (Lipinski definition) is 1. The average molecular weight is 525 g/mol. The van der Waals surface area contributed by atoms with Crippen molar-refractivity contribution in [3.8, 4) is 5.75 Å². The van der Waals surface area contributed by atoms with Crippen LogP contribution in [0.5, 0.6) is 5.75 Å². The van der Waals surface area contributed by atoms with Crippen LogP contribution in [0, 0.1) is 10.1 Å². The number of carbonyl (C=O) groups excluding carboxylic acids is 5. The Morgan fingerprint density at radius 1 is 0.973 bits per heavy atom. The number of nitrogens with zero attached hydrogens (tertiary/aromatic N) is 2. The Hall–Kier alpha value is -4.76. The SMILES string of the molecule is CC(=O)N[C@H]1/C(=N/OC(=O)Oc2ccc([N+](=O)[O-])cc2)O[C@H](COC(C)=O)[C@@H](OC(C)=O)[C@@H]1OC(C)=O. The van der Waals surface area contributed by atoms with Gasteiger partial charge in [-0.05, 0) is 17.3 Å². The lowest BCUT2D eigenvalue weighted by Crippen LogP contribution is -2.64. The maximum atomic E-state index is 12.1. The summed E-state index contributed by atoms with van der Waals surface area (Å²) < 4.78 is 25.9. The number of benzene rings is 1. The maximum Gasteiger partial charge on any atom is 0.540 e. The van der Waals surface area contributed by atoms with Crippen molar-refractivity contribution in [2.24, 2.45) is 5.16 Å². The number of nitro groups is 1. The first-order chi connectivity index (χ1) is 17.4. The van der Waals surface area contributed by atoms with E-state index in [1.807, 2.05) is 0 Å². The minimum atomic E-state index is -1.44. The zero-order valence-corrected chi connectivity index (χ0v) is 20.0. The summed E-state index contributed by atoms with van der Waals surface area (Å²) in [6.45, 7) is 3.87. The number of hydrogen-bond acceptors (Lipinski definition) is 14. The third-order valence-electron chi connectivity index (χ3n) is 4.43. The Morgan fingerprint density at radius 3 is 2.08 bits per heavy atom. The van der Waals surface area contributed by atoms with Gasteiger partial charge in [0.25, 0.3) is 11.6 Å². The van der Waals surface area contributed by atoms with E-state index < -0.39 is 71.8 Å². The molecule has 4 atom stereocenters. The highest BCUT2D eigenvalue weighted by molar-refractivity contribution is 5.89. The predicted molar refractivity (Wildman–Crippen MR) is 118 cm³/mol. The number of amides is 1. The summed E-state index contributed by atoms with van der Waals surface area (Å²) >= 11 is 0. The van der Waals surface area contributed by atoms with E-state index in [1.54, 1.807) is 0 Å². The molecule has 16 heteroatoms. The molecular weight excluding hydrogens is 502 g/mol. The molecule has 0 saturated carbocycles. The molecular formula is C21H23N3O13. The van der Waals surface area contributed by atoms with Crippen LogP contribution in [-0.4, -0.2) is 71.8 Å². The van der Waals surface area contributed by atoms with Crippen molar-refractivity contribution < 1.29 is 57.4 Å². The summed E-state index contributed by atoms with van der Waals surface area (Å²) in [7, 11) is 0. The van der Waals surface area contributed by atoms with Crippen molar-refractivity contribution in [3.05, 3.63) is 34.4 Å². The molecule has 1 heterocycles. The summed E-state index contributed by atoms with van der Waals surface area (Å²) in [5.74, 6) is -3.61. The van der Waals surface area contributed by atoms with Gasteiger partial charge in [0, 0.05) is 39.8 Å². The zero-order valence-electron chi connectivity index (χ0n) is 20.0. The molecule has 0 aromatic heterocycles. The normalized spacial score (nSPS) is 21.6. The fourth-order valence-corrected chi connectivity index (χ4v) is 3.10. The van der Waals surface area contributed by atoms with E-state index >= 15 is 0 Å². The van der Waals surface area contributed by atoms with Crippen molar-refractivity contribution in [1.29, 1.82) is 0 Å². The maximum absolute atomic E-state index is 12.1. The molecule has 0 aliphatic carbocycles. The molecule has 1 aliphatic rings. The van der Waals surface area contributed by atoms with E-state index in [9.17, 15) is 34.1 Å². The molecule has 2 rings (SSSR count). The minimum absolute atomic E-state index is 0.112. The number of oxime groups is 1. The quantitative estimate of drug-likeness (QED) is 0.124. The van der Waals surface area contributed by atoms with Crippen molar-refractivity contribution in [2.45, 2.75) is 52.0 Å². The number of non-ortho nitro benzene ring substituents is 1. The van der Waals surface area contributed by atoms with Gasteiger partial charge in [0.2, 0.25) is 5.91 Å². The van der Waals surface area contributed by atoms with E-state index in [-0.39, 0.29) is 11.4 Å². The van der Waals surface area contributed by atoms with Gasteiger partial charge in [-0.15, -0.1) is 0 Å². The van der Waals surface area contributed by atoms with Gasteiger partial charge >= 0.3 is 24.1 Å². The predicted octanol–water partition coefficient (Wildman–Crippen LogP) is 0.754. The van der Waals surface area contributed by atoms with Gasteiger partial charge < -0.3 is 29.0 Å². The Labute approximate surface area is 208 Å². The fraction of sp³-hybridized carbons (Fsp3) is 0.429. The van der Waals surface area contributed by atoms with Crippen molar-refractivity contribution in [2.75, 3.05) is 6.61 Å². The largest absolute Gasteiger partial charge is 0.540 e. The van der Waals surface area contributed by atoms with Gasteiger partial charge in [-0.25, -0.2) is 4.79 Å². The fourth-order valence-electron chi connectivity index (χ4n) is 3.10. The third kappa shape index (κ3) is 8.75. The first kappa shape index (κ1) is 28.5. The lowest BCUT2D eigenvalue weighted by Gasteiger charge is -2.41. The van der Waals surface area contributed by atoms with Gasteiger partial charge in [0.15, 0.2) is 18.3 Å². The molecule has 1 amide bonds. The van der Waals surface area contributed by atoms with Crippen LogP contribution in [0.25, 0.3) is 0 Å². The lowest BCUT2D eigenvalue weighted by atomic mass is 9.96. The van der Waals surface area contributed by atoms with E-state index in [4.69, 9.17) is 23.7 Å². The van der Waals surface area contributed by atoms with Gasteiger partial charge in [-0.2, -0.15) is 0 Å². The standard InChI is InChI=1S/C21H23N3O13/c1-10(25)22-17-19(34-13(4)28)18(33-12(3)27)16(9-32-11(2)26)36-20(17)23-37-21(29)35-15-7-5-14(6-8-15)24(30)31/h5-8,16-19H,9H2,1-4H3,(H,22,25)/b23-20-/t16-,17-,18-,19-/m1/s1. The number of nitro benzene ring substituents is 1. The smallest absolute Gasteiger partial charge is 0.466 e. The molecule has 0 spiro atoms. The molecule has 16 nitrogen and oxygen atoms in total. The van der Waals surface area contributed by atoms with Crippen LogP contribution in [0.15, 0.2) is 29.4 Å². The van der Waals surface area contributed by atoms with Crippen LogP contribution in [0.2, 0.25) is 0 Å². The van der Waals surface area contributed by atoms with Crippen molar-refractivity contribution in [1.82, 2.24) is 5.32 Å². The van der Waals surface area contributed by atoms with E-state index in [0.29, 0.717) is 0 Å². The summed E-state index contributed by atoms with van der Waals surface area (Å²) in [4.78, 5) is 73.6. The minimum Gasteiger partial charge on any atom is -0.466 e. The second-order valence-electron chi connectivity index (χ2n) is 7.41. The number of carbonyl (C=O) groups is 5. The highest BCUT2D eigenvalue weighted by Gasteiger charge is 2.50. The summed E-state index contributed by atoms with van der Waals surface area (Å²) in [6.07, 6.45) is -5.50. The highest BCUT2D eigenvalue weighted by Crippen LogP contribution is 2.25. The summed E-state index contributed by atoms with van der Waals surface area (Å²) in [5.41, 5.74) is -0.243. The molecule has 0 radical (unpaired) electrons. The molecule has 1 N–H and O–H groups in total. The number of ether oxygens (including phenoxy) is 5. The van der Waals surface area contributed by atoms with Crippen molar-refractivity contribution in [3.63, 3.8) is 0 Å². The molecule has 1 aromatic rings. The molecule has 1 saturated heterocycles. The zero-order chi connectivity index (χ0) is 27.7. The molecule has 37 heavy (non-hydrogen) atoms. The Bertz CT molecular complexity index is 1090. The molecule has 1 aromatic carbocycles. The average Bonchev–Trinajstić information content (AvgIpc) is 2.79. The van der Waals surface area contributed by atoms with E-state index in [2.05, 4.69) is 15.3 Å². The van der Waals surface area contributed by atoms with Crippen LogP contribution in [-0.2, 0) is 43.0 Å². The Morgan fingerprint density at radius 2 is 1.57 bits per heavy atom. The van der Waals surface area contributed by atoms with E-state index in [0.717, 1.165) is 52.0 Å². The third-order valence-corrected chi connectivity index (χ3v) is 4.43. The van der Waals surface area contributed by atoms with Crippen LogP contribution in [0.3, 0.4) is 0 Å². The second kappa shape index (κ2) is 12.8. The van der Waals surface area contributed by atoms with Gasteiger partial charge in [-0.3, -0.25) is 34.1 Å². The second-order valence-corrected chi connectivity index (χ2v) is 7.41. The van der Waals surface area contributed by atoms with Crippen LogP contribution in [0.1, 0.15) is 27.7 Å². The van der Waals surface area contributed by atoms with Gasteiger partial charge in [0.05, 0.1) is 4.92 Å². The van der Waals surface area contributed by atoms with Crippen molar-refractivity contribution >= 4 is 41.6 Å². The lowest BCUT2D eigenvalue weighted by molar-refractivity contribution is -0.384. The number of nitrogens with one attached hydrogen (secondary N) is 1. The molecule has 200 valence electrons. The number of esters is 3. The molecule has 0 bridgehead atoms. The molecule has 1 aliphatic heterocycles. The first-order valence-corrected chi connectivity index (χ1v) is 10.5. The Balaban J connectivity index is 2.34. The Kier molecular flexibility index (Phi) is 9.85. The molecule has 1 fully saturated rings. The van der Waals surface area contributed by atoms with E-state index in [1.165, 1.54) is 0 Å². The highest BCUT2D eigenvalue weighted by atomic mass is 16.8. The van der Waals surface area contributed by atoms with Crippen LogP contribution >= 0.6 is 0 Å². The first-order valence-electron chi connectivity index (χ1n) is 10.5. The monoisotopic (exact) mass is 525 g/mol. The summed E-state index contributed by atoms with van der Waals surface area (Å²) in [5, 5.41) is 16.7. The summed E-state index contributed by atoms with van der Waals surface area (Å²) in [6, 6.07) is 3.04.